The number of anilines is 1. The summed E-state index contributed by atoms with van der Waals surface area (Å²) >= 11 is 0. The van der Waals surface area contributed by atoms with Gasteiger partial charge < -0.3 is 21.3 Å². The predicted molar refractivity (Wildman–Crippen MR) is 94.8 cm³/mol. The maximum atomic E-state index is 12.7. The van der Waals surface area contributed by atoms with Gasteiger partial charge in [-0.15, -0.1) is 0 Å². The SMILES string of the molecule is CN1C(C2=CC(=O)NCC2)=CC=CC1C(=O)Nc1cn(C)nc1C(N)=O. The highest BCUT2D eigenvalue weighted by Crippen LogP contribution is 2.25. The molecule has 0 bridgehead atoms. The molecule has 3 heterocycles. The van der Waals surface area contributed by atoms with E-state index in [1.807, 2.05) is 6.08 Å². The van der Waals surface area contributed by atoms with Crippen LogP contribution in [0.15, 0.2) is 41.8 Å². The summed E-state index contributed by atoms with van der Waals surface area (Å²) in [4.78, 5) is 37.6. The van der Waals surface area contributed by atoms with Crippen molar-refractivity contribution < 1.29 is 14.4 Å². The topological polar surface area (TPSA) is 122 Å². The van der Waals surface area contributed by atoms with Gasteiger partial charge in [0.25, 0.3) is 11.8 Å². The van der Waals surface area contributed by atoms with Crippen molar-refractivity contribution in [2.75, 3.05) is 18.9 Å². The number of amides is 3. The van der Waals surface area contributed by atoms with E-state index in [-0.39, 0.29) is 23.2 Å². The first kappa shape index (κ1) is 17.5. The van der Waals surface area contributed by atoms with E-state index in [1.54, 1.807) is 37.2 Å². The van der Waals surface area contributed by atoms with E-state index in [2.05, 4.69) is 15.7 Å². The molecule has 0 fully saturated rings. The molecule has 1 atom stereocenters. The first-order valence-electron chi connectivity index (χ1n) is 8.11. The number of rotatable bonds is 4. The largest absolute Gasteiger partial charge is 0.364 e. The minimum absolute atomic E-state index is 0.00529. The zero-order chi connectivity index (χ0) is 18.8. The van der Waals surface area contributed by atoms with Gasteiger partial charge in [-0.1, -0.05) is 12.2 Å². The van der Waals surface area contributed by atoms with Crippen LogP contribution in [0.2, 0.25) is 0 Å². The van der Waals surface area contributed by atoms with Gasteiger partial charge in [-0.25, -0.2) is 0 Å². The van der Waals surface area contributed by atoms with Crippen LogP contribution in [0.4, 0.5) is 5.69 Å². The molecule has 3 amide bonds. The molecule has 1 unspecified atom stereocenters. The lowest BCUT2D eigenvalue weighted by Crippen LogP contribution is -2.42. The lowest BCUT2D eigenvalue weighted by atomic mass is 10.00. The Morgan fingerprint density at radius 1 is 1.38 bits per heavy atom. The summed E-state index contributed by atoms with van der Waals surface area (Å²) in [7, 11) is 3.42. The number of aromatic nitrogens is 2. The van der Waals surface area contributed by atoms with E-state index in [0.717, 1.165) is 11.3 Å². The van der Waals surface area contributed by atoms with Gasteiger partial charge in [-0.05, 0) is 18.1 Å². The quantitative estimate of drug-likeness (QED) is 0.681. The number of allylic oxidation sites excluding steroid dienone is 3. The van der Waals surface area contributed by atoms with Crippen molar-refractivity contribution >= 4 is 23.4 Å². The number of nitrogens with two attached hydrogens (primary N) is 1. The van der Waals surface area contributed by atoms with Crippen LogP contribution >= 0.6 is 0 Å². The first-order valence-corrected chi connectivity index (χ1v) is 8.11. The van der Waals surface area contributed by atoms with Gasteiger partial charge in [0.2, 0.25) is 5.91 Å². The van der Waals surface area contributed by atoms with Gasteiger partial charge in [-0.2, -0.15) is 5.10 Å². The molecule has 136 valence electrons. The smallest absolute Gasteiger partial charge is 0.271 e. The fraction of sp³-hybridized carbons (Fsp3) is 0.294. The lowest BCUT2D eigenvalue weighted by molar-refractivity contribution is -0.119. The van der Waals surface area contributed by atoms with Crippen LogP contribution in [-0.4, -0.2) is 52.0 Å². The Morgan fingerprint density at radius 2 is 2.15 bits per heavy atom. The molecule has 2 aliphatic heterocycles. The highest BCUT2D eigenvalue weighted by atomic mass is 16.2. The van der Waals surface area contributed by atoms with Crippen molar-refractivity contribution in [3.8, 4) is 0 Å². The van der Waals surface area contributed by atoms with E-state index in [1.165, 1.54) is 10.9 Å². The van der Waals surface area contributed by atoms with Crippen molar-refractivity contribution in [2.24, 2.45) is 12.8 Å². The molecular formula is C17H20N6O3. The minimum Gasteiger partial charge on any atom is -0.364 e. The normalized spacial score (nSPS) is 19.5. The highest BCUT2D eigenvalue weighted by molar-refractivity contribution is 6.03. The number of carbonyl (C=O) groups is 3. The highest BCUT2D eigenvalue weighted by Gasteiger charge is 2.28. The third kappa shape index (κ3) is 3.37. The number of likely N-dealkylation sites (N-methyl/N-ethyl adjacent to an activating group) is 1. The molecule has 0 saturated heterocycles. The monoisotopic (exact) mass is 356 g/mol. The molecule has 2 aliphatic rings. The molecule has 0 saturated carbocycles. The van der Waals surface area contributed by atoms with Crippen molar-refractivity contribution in [3.63, 3.8) is 0 Å². The van der Waals surface area contributed by atoms with Crippen molar-refractivity contribution in [3.05, 3.63) is 47.5 Å². The van der Waals surface area contributed by atoms with Crippen LogP contribution in [0.5, 0.6) is 0 Å². The van der Waals surface area contributed by atoms with Crippen molar-refractivity contribution in [2.45, 2.75) is 12.5 Å². The summed E-state index contributed by atoms with van der Waals surface area (Å²) in [5, 5.41) is 9.40. The van der Waals surface area contributed by atoms with E-state index < -0.39 is 11.9 Å². The van der Waals surface area contributed by atoms with Crippen molar-refractivity contribution in [1.29, 1.82) is 0 Å². The van der Waals surface area contributed by atoms with Crippen LogP contribution in [0.1, 0.15) is 16.9 Å². The van der Waals surface area contributed by atoms with E-state index in [0.29, 0.717) is 13.0 Å². The molecule has 4 N–H and O–H groups in total. The average molecular weight is 356 g/mol. The van der Waals surface area contributed by atoms with Crippen LogP contribution in [0.3, 0.4) is 0 Å². The maximum absolute atomic E-state index is 12.7. The standard InChI is InChI=1S/C17H20N6O3/c1-22-9-11(15(21-22)16(18)25)20-17(26)13-5-3-4-12(23(13)2)10-6-7-19-14(24)8-10/h3-5,8-9,13H,6-7H2,1-2H3,(H2,18,25)(H,19,24)(H,20,26). The number of primary amides is 1. The third-order valence-electron chi connectivity index (χ3n) is 4.26. The van der Waals surface area contributed by atoms with Crippen LogP contribution in [0, 0.1) is 0 Å². The number of nitrogens with zero attached hydrogens (tertiary/aromatic N) is 3. The Balaban J connectivity index is 1.79. The molecular weight excluding hydrogens is 336 g/mol. The van der Waals surface area contributed by atoms with E-state index in [9.17, 15) is 14.4 Å². The Hall–Kier alpha value is -3.36. The summed E-state index contributed by atoms with van der Waals surface area (Å²) in [5.41, 5.74) is 7.25. The molecule has 0 aliphatic carbocycles. The Bertz CT molecular complexity index is 864. The van der Waals surface area contributed by atoms with Gasteiger partial charge in [0.1, 0.15) is 6.04 Å². The molecule has 3 rings (SSSR count). The Labute approximate surface area is 150 Å². The van der Waals surface area contributed by atoms with Crippen LogP contribution < -0.4 is 16.4 Å². The number of hydrogen-bond acceptors (Lipinski definition) is 5. The fourth-order valence-corrected chi connectivity index (χ4v) is 3.02. The van der Waals surface area contributed by atoms with Gasteiger partial charge in [0.05, 0.1) is 5.69 Å². The van der Waals surface area contributed by atoms with Gasteiger partial charge in [0, 0.05) is 38.6 Å². The molecule has 0 radical (unpaired) electrons. The molecule has 9 heteroatoms. The summed E-state index contributed by atoms with van der Waals surface area (Å²) < 4.78 is 1.41. The summed E-state index contributed by atoms with van der Waals surface area (Å²) in [6.45, 7) is 0.564. The van der Waals surface area contributed by atoms with E-state index >= 15 is 0 Å². The summed E-state index contributed by atoms with van der Waals surface area (Å²) in [6, 6.07) is -0.596. The second-order valence-electron chi connectivity index (χ2n) is 6.12. The predicted octanol–water partition coefficient (Wildman–Crippen LogP) is -0.342. The zero-order valence-electron chi connectivity index (χ0n) is 14.5. The molecule has 1 aromatic rings. The lowest BCUT2D eigenvalue weighted by Gasteiger charge is -2.33. The van der Waals surface area contributed by atoms with Crippen LogP contribution in [0.25, 0.3) is 0 Å². The van der Waals surface area contributed by atoms with Gasteiger partial charge in [-0.3, -0.25) is 19.1 Å². The second-order valence-corrected chi connectivity index (χ2v) is 6.12. The average Bonchev–Trinajstić information content (AvgIpc) is 2.95. The number of carbonyl (C=O) groups excluding carboxylic acids is 3. The molecule has 26 heavy (non-hydrogen) atoms. The molecule has 0 aromatic carbocycles. The molecule has 0 spiro atoms. The molecule has 1 aromatic heterocycles. The Kier molecular flexibility index (Phi) is 4.61. The van der Waals surface area contributed by atoms with Gasteiger partial charge >= 0.3 is 0 Å². The number of aryl methyl sites for hydroxylation is 1. The Morgan fingerprint density at radius 3 is 2.85 bits per heavy atom. The van der Waals surface area contributed by atoms with Crippen molar-refractivity contribution in [1.82, 2.24) is 20.0 Å². The zero-order valence-corrected chi connectivity index (χ0v) is 14.5. The first-order chi connectivity index (χ1) is 12.4. The fourth-order valence-electron chi connectivity index (χ4n) is 3.02. The number of hydrogen-bond donors (Lipinski definition) is 3. The van der Waals surface area contributed by atoms with Crippen LogP contribution in [-0.2, 0) is 16.6 Å². The minimum atomic E-state index is -0.715. The molecule has 9 nitrogen and oxygen atoms in total. The second kappa shape index (κ2) is 6.87. The summed E-state index contributed by atoms with van der Waals surface area (Å²) in [5.74, 6) is -1.18. The van der Waals surface area contributed by atoms with Gasteiger partial charge in [0.15, 0.2) is 5.69 Å². The summed E-state index contributed by atoms with van der Waals surface area (Å²) in [6.07, 6.45) is 9.15. The van der Waals surface area contributed by atoms with E-state index in [4.69, 9.17) is 5.73 Å². The number of nitrogens with one attached hydrogen (secondary N) is 2. The maximum Gasteiger partial charge on any atom is 0.271 e. The third-order valence-corrected chi connectivity index (χ3v) is 4.26.